The molecule has 6 nitrogen and oxygen atoms in total. The fourth-order valence-electron chi connectivity index (χ4n) is 2.65. The molecule has 1 aliphatic rings. The van der Waals surface area contributed by atoms with E-state index in [1.54, 1.807) is 6.92 Å². The molecule has 1 aromatic carbocycles. The Balaban J connectivity index is 2.01. The second-order valence-corrected chi connectivity index (χ2v) is 5.80. The minimum Gasteiger partial charge on any atom is -0.406 e. The van der Waals surface area contributed by atoms with E-state index in [2.05, 4.69) is 20.7 Å². The van der Waals surface area contributed by atoms with Gasteiger partial charge in [-0.05, 0) is 31.0 Å². The molecule has 0 bridgehead atoms. The van der Waals surface area contributed by atoms with Crippen LogP contribution in [0.25, 0.3) is 0 Å². The smallest absolute Gasteiger partial charge is 0.406 e. The van der Waals surface area contributed by atoms with Crippen LogP contribution >= 0.6 is 0 Å². The molecular formula is C16H20F3N3O3. The van der Waals surface area contributed by atoms with Crippen molar-refractivity contribution in [3.8, 4) is 5.75 Å². The summed E-state index contributed by atoms with van der Waals surface area (Å²) in [7, 11) is 0. The second-order valence-electron chi connectivity index (χ2n) is 5.80. The molecular weight excluding hydrogens is 339 g/mol. The lowest BCUT2D eigenvalue weighted by Gasteiger charge is -2.30. The Kier molecular flexibility index (Phi) is 5.89. The number of carbonyl (C=O) groups excluding carboxylic acids is 2. The van der Waals surface area contributed by atoms with Crippen molar-refractivity contribution in [1.29, 1.82) is 0 Å². The predicted molar refractivity (Wildman–Crippen MR) is 83.4 cm³/mol. The van der Waals surface area contributed by atoms with Crippen molar-refractivity contribution >= 4 is 11.8 Å². The molecule has 3 N–H and O–H groups in total. The van der Waals surface area contributed by atoms with Gasteiger partial charge in [-0.25, -0.2) is 0 Å². The normalized spacial score (nSPS) is 22.0. The number of carbonyl (C=O) groups is 2. The predicted octanol–water partition coefficient (Wildman–Crippen LogP) is 1.98. The maximum Gasteiger partial charge on any atom is 0.573 e. The summed E-state index contributed by atoms with van der Waals surface area (Å²) in [5.41, 5.74) is 0.652. The first-order valence-electron chi connectivity index (χ1n) is 7.89. The van der Waals surface area contributed by atoms with E-state index < -0.39 is 12.4 Å². The van der Waals surface area contributed by atoms with Crippen molar-refractivity contribution < 1.29 is 27.5 Å². The Bertz CT molecular complexity index is 619. The summed E-state index contributed by atoms with van der Waals surface area (Å²) in [6.07, 6.45) is -4.48. The molecule has 0 aromatic heterocycles. The molecule has 2 rings (SSSR count). The standard InChI is InChI=1S/C16H20F3N3O3/c1-3-12(10-4-6-11(7-5-10)25-16(17,18)19)22-15(24)13-8-14(23)21-9(2)20-13/h4-7,9,12-13,20H,3,8H2,1-2H3,(H,21,23)(H,22,24)/t9?,12-,13?/m1/s1. The molecule has 0 aliphatic carbocycles. The average Bonchev–Trinajstić information content (AvgIpc) is 2.51. The number of ether oxygens (including phenoxy) is 1. The number of amides is 2. The number of alkyl halides is 3. The zero-order chi connectivity index (χ0) is 18.6. The van der Waals surface area contributed by atoms with Crippen LogP contribution in [-0.2, 0) is 9.59 Å². The van der Waals surface area contributed by atoms with Crippen molar-refractivity contribution in [3.05, 3.63) is 29.8 Å². The van der Waals surface area contributed by atoms with E-state index in [-0.39, 0.29) is 36.2 Å². The summed E-state index contributed by atoms with van der Waals surface area (Å²) in [6, 6.07) is 4.32. The third-order valence-corrected chi connectivity index (χ3v) is 3.78. The number of halogens is 3. The first-order valence-corrected chi connectivity index (χ1v) is 7.89. The Labute approximate surface area is 143 Å². The highest BCUT2D eigenvalue weighted by atomic mass is 19.4. The van der Waals surface area contributed by atoms with E-state index in [0.29, 0.717) is 12.0 Å². The molecule has 25 heavy (non-hydrogen) atoms. The molecule has 3 atom stereocenters. The molecule has 2 unspecified atom stereocenters. The van der Waals surface area contributed by atoms with Gasteiger partial charge in [0.2, 0.25) is 11.8 Å². The van der Waals surface area contributed by atoms with Crippen LogP contribution in [0.5, 0.6) is 5.75 Å². The molecule has 9 heteroatoms. The highest BCUT2D eigenvalue weighted by molar-refractivity contribution is 5.89. The molecule has 1 saturated heterocycles. The lowest BCUT2D eigenvalue weighted by Crippen LogP contribution is -2.59. The summed E-state index contributed by atoms with van der Waals surface area (Å²) in [4.78, 5) is 23.9. The van der Waals surface area contributed by atoms with Gasteiger partial charge in [0.15, 0.2) is 0 Å². The molecule has 0 saturated carbocycles. The fraction of sp³-hybridized carbons (Fsp3) is 0.500. The van der Waals surface area contributed by atoms with Crippen LogP contribution in [0.15, 0.2) is 24.3 Å². The quantitative estimate of drug-likeness (QED) is 0.751. The van der Waals surface area contributed by atoms with Crippen LogP contribution in [0.4, 0.5) is 13.2 Å². The Morgan fingerprint density at radius 3 is 2.52 bits per heavy atom. The van der Waals surface area contributed by atoms with Gasteiger partial charge in [0.05, 0.1) is 24.7 Å². The highest BCUT2D eigenvalue weighted by Gasteiger charge is 2.31. The van der Waals surface area contributed by atoms with Crippen LogP contribution < -0.4 is 20.7 Å². The number of nitrogens with one attached hydrogen (secondary N) is 3. The molecule has 138 valence electrons. The van der Waals surface area contributed by atoms with Gasteiger partial charge >= 0.3 is 6.36 Å². The lowest BCUT2D eigenvalue weighted by atomic mass is 10.0. The number of hydrogen-bond donors (Lipinski definition) is 3. The van der Waals surface area contributed by atoms with Gasteiger partial charge in [-0.1, -0.05) is 19.1 Å². The van der Waals surface area contributed by atoms with Crippen molar-refractivity contribution in [2.45, 2.75) is 51.3 Å². The van der Waals surface area contributed by atoms with E-state index in [0.717, 1.165) is 0 Å². The van der Waals surface area contributed by atoms with Crippen LogP contribution in [0.1, 0.15) is 38.3 Å². The SMILES string of the molecule is CC[C@@H](NC(=O)C1CC(=O)NC(C)N1)c1ccc(OC(F)(F)F)cc1. The van der Waals surface area contributed by atoms with E-state index in [1.807, 2.05) is 6.92 Å². The highest BCUT2D eigenvalue weighted by Crippen LogP contribution is 2.25. The van der Waals surface area contributed by atoms with Gasteiger partial charge in [-0.15, -0.1) is 13.2 Å². The Hall–Kier alpha value is -2.29. The largest absolute Gasteiger partial charge is 0.573 e. The summed E-state index contributed by atoms with van der Waals surface area (Å²) in [5, 5.41) is 8.44. The van der Waals surface area contributed by atoms with E-state index in [9.17, 15) is 22.8 Å². The summed E-state index contributed by atoms with van der Waals surface area (Å²) < 4.78 is 40.4. The van der Waals surface area contributed by atoms with Crippen LogP contribution in [0, 0.1) is 0 Å². The monoisotopic (exact) mass is 359 g/mol. The van der Waals surface area contributed by atoms with Gasteiger partial charge in [0, 0.05) is 0 Å². The maximum absolute atomic E-state index is 12.4. The van der Waals surface area contributed by atoms with Gasteiger partial charge in [0.1, 0.15) is 5.75 Å². The van der Waals surface area contributed by atoms with Gasteiger partial charge in [0.25, 0.3) is 0 Å². The molecule has 1 aliphatic heterocycles. The van der Waals surface area contributed by atoms with Crippen LogP contribution in [0.2, 0.25) is 0 Å². The van der Waals surface area contributed by atoms with Crippen molar-refractivity contribution in [1.82, 2.24) is 16.0 Å². The first kappa shape index (κ1) is 19.0. The third-order valence-electron chi connectivity index (χ3n) is 3.78. The van der Waals surface area contributed by atoms with E-state index in [1.165, 1.54) is 24.3 Å². The van der Waals surface area contributed by atoms with Gasteiger partial charge < -0.3 is 15.4 Å². The molecule has 0 spiro atoms. The second kappa shape index (κ2) is 7.73. The van der Waals surface area contributed by atoms with Crippen molar-refractivity contribution in [3.63, 3.8) is 0 Å². The maximum atomic E-state index is 12.4. The number of benzene rings is 1. The molecule has 2 amide bonds. The van der Waals surface area contributed by atoms with Crippen molar-refractivity contribution in [2.24, 2.45) is 0 Å². The Morgan fingerprint density at radius 1 is 1.36 bits per heavy atom. The first-order chi connectivity index (χ1) is 11.7. The summed E-state index contributed by atoms with van der Waals surface area (Å²) in [6.45, 7) is 3.57. The fourth-order valence-corrected chi connectivity index (χ4v) is 2.65. The summed E-state index contributed by atoms with van der Waals surface area (Å²) in [5.74, 6) is -0.867. The number of rotatable bonds is 5. The zero-order valence-electron chi connectivity index (χ0n) is 13.8. The Morgan fingerprint density at radius 2 is 2.00 bits per heavy atom. The minimum atomic E-state index is -4.75. The molecule has 1 fully saturated rings. The summed E-state index contributed by atoms with van der Waals surface area (Å²) >= 11 is 0. The van der Waals surface area contributed by atoms with Crippen molar-refractivity contribution in [2.75, 3.05) is 0 Å². The van der Waals surface area contributed by atoms with Gasteiger partial charge in [-0.3, -0.25) is 14.9 Å². The topological polar surface area (TPSA) is 79.5 Å². The minimum absolute atomic E-state index is 0.0327. The van der Waals surface area contributed by atoms with Crippen LogP contribution in [-0.4, -0.2) is 30.4 Å². The average molecular weight is 359 g/mol. The lowest BCUT2D eigenvalue weighted by molar-refractivity contribution is -0.274. The zero-order valence-corrected chi connectivity index (χ0v) is 13.8. The molecule has 1 aromatic rings. The number of hydrogen-bond acceptors (Lipinski definition) is 4. The van der Waals surface area contributed by atoms with Crippen LogP contribution in [0.3, 0.4) is 0 Å². The van der Waals surface area contributed by atoms with Gasteiger partial charge in [-0.2, -0.15) is 0 Å². The molecule has 1 heterocycles. The van der Waals surface area contributed by atoms with E-state index in [4.69, 9.17) is 0 Å². The third kappa shape index (κ3) is 5.63. The molecule has 0 radical (unpaired) electrons. The van der Waals surface area contributed by atoms with E-state index >= 15 is 0 Å².